The van der Waals surface area contributed by atoms with Crippen LogP contribution in [0, 0.1) is 6.92 Å². The van der Waals surface area contributed by atoms with Crippen LogP contribution in [-0.4, -0.2) is 12.3 Å². The van der Waals surface area contributed by atoms with Crippen LogP contribution < -0.4 is 31.1 Å². The number of para-hydroxylation sites is 1. The van der Waals surface area contributed by atoms with E-state index in [1.807, 2.05) is 0 Å². The van der Waals surface area contributed by atoms with Crippen molar-refractivity contribution < 1.29 is 0 Å². The average Bonchev–Trinajstić information content (AvgIpc) is 3.66. The van der Waals surface area contributed by atoms with Crippen molar-refractivity contribution in [1.82, 2.24) is 0 Å². The predicted octanol–water partition coefficient (Wildman–Crippen LogP) is 14.7. The third kappa shape index (κ3) is 5.57. The second-order valence-corrected chi connectivity index (χ2v) is 23.4. The third-order valence-electron chi connectivity index (χ3n) is 17.2. The van der Waals surface area contributed by atoms with Gasteiger partial charge in [0.2, 0.25) is 0 Å². The van der Waals surface area contributed by atoms with Gasteiger partial charge < -0.3 is 14.7 Å². The number of benzene rings is 7. The quantitative estimate of drug-likeness (QED) is 0.163. The second-order valence-electron chi connectivity index (χ2n) is 23.4. The Kier molecular flexibility index (Phi) is 8.65. The Morgan fingerprint density at radius 3 is 1.80 bits per heavy atom. The topological polar surface area (TPSA) is 9.72 Å². The lowest BCUT2D eigenvalue weighted by molar-refractivity contribution is 0.195. The van der Waals surface area contributed by atoms with Crippen molar-refractivity contribution in [3.63, 3.8) is 0 Å². The van der Waals surface area contributed by atoms with Crippen molar-refractivity contribution in [2.75, 3.05) is 14.7 Å². The van der Waals surface area contributed by atoms with Crippen LogP contribution in [0.1, 0.15) is 128 Å². The summed E-state index contributed by atoms with van der Waals surface area (Å²) < 4.78 is 0. The van der Waals surface area contributed by atoms with Crippen molar-refractivity contribution in [2.45, 2.75) is 129 Å². The molecule has 0 N–H and O–H groups in total. The van der Waals surface area contributed by atoms with E-state index in [1.54, 1.807) is 5.56 Å². The summed E-state index contributed by atoms with van der Waals surface area (Å²) in [4.78, 5) is 8.03. The average molecular weight is 862 g/mol. The molecule has 2 atom stereocenters. The Morgan fingerprint density at radius 1 is 0.530 bits per heavy atom. The molecule has 12 rings (SSSR count). The van der Waals surface area contributed by atoms with Gasteiger partial charge in [0.15, 0.2) is 0 Å². The Morgan fingerprint density at radius 2 is 1.12 bits per heavy atom. The summed E-state index contributed by atoms with van der Waals surface area (Å²) in [5, 5.41) is 0. The molecule has 5 aliphatic rings. The predicted molar refractivity (Wildman–Crippen MR) is 283 cm³/mol. The summed E-state index contributed by atoms with van der Waals surface area (Å²) in [6.45, 7) is 26.2. The summed E-state index contributed by atoms with van der Waals surface area (Å²) in [5.74, 6) is 0. The molecule has 4 heteroatoms. The van der Waals surface area contributed by atoms with E-state index in [2.05, 4.69) is 230 Å². The number of hydrogen-bond acceptors (Lipinski definition) is 3. The van der Waals surface area contributed by atoms with Gasteiger partial charge in [-0.1, -0.05) is 160 Å². The van der Waals surface area contributed by atoms with E-state index in [1.165, 1.54) is 109 Å². The zero-order valence-electron chi connectivity index (χ0n) is 41.0. The van der Waals surface area contributed by atoms with Gasteiger partial charge in [-0.15, -0.1) is 0 Å². The molecule has 1 fully saturated rings. The van der Waals surface area contributed by atoms with Gasteiger partial charge in [-0.3, -0.25) is 0 Å². The standard InChI is InChI=1S/C62H64BN3/c1-39-36-53-56-54(37-39)66-57-48(61(10)34-14-15-35-62(61,66)11)21-16-22-50(57)63(56)49-33-32-44(38-52(49)65(53)51-23-17-20-47-55(51)45-18-12-13-19-46(45)60(47,8)9)64(42-28-24-40(25-29-42)58(2,3)4)43-30-26-41(27-31-43)59(5,6)7/h12-13,16-33,36-38H,14-15,34-35H2,1-11H3. The molecule has 2 unspecified atom stereocenters. The molecule has 0 spiro atoms. The van der Waals surface area contributed by atoms with Gasteiger partial charge >= 0.3 is 0 Å². The summed E-state index contributed by atoms with van der Waals surface area (Å²) in [6, 6.07) is 54.7. The Balaban J connectivity index is 1.15. The first-order valence-electron chi connectivity index (χ1n) is 24.7. The van der Waals surface area contributed by atoms with E-state index in [9.17, 15) is 0 Å². The molecular weight excluding hydrogens is 798 g/mol. The fourth-order valence-corrected chi connectivity index (χ4v) is 13.4. The number of rotatable bonds is 4. The minimum atomic E-state index is -0.128. The molecule has 7 aromatic carbocycles. The highest BCUT2D eigenvalue weighted by atomic mass is 15.3. The fraction of sp³-hybridized carbons (Fsp3) is 0.323. The molecule has 0 aromatic heterocycles. The minimum absolute atomic E-state index is 0.0201. The number of anilines is 8. The molecular formula is C62H64BN3. The maximum atomic E-state index is 2.86. The van der Waals surface area contributed by atoms with Gasteiger partial charge in [-0.05, 0) is 147 Å². The zero-order valence-corrected chi connectivity index (χ0v) is 41.0. The summed E-state index contributed by atoms with van der Waals surface area (Å²) in [5.41, 5.74) is 25.4. The van der Waals surface area contributed by atoms with Crippen molar-refractivity contribution in [3.05, 3.63) is 173 Å². The summed E-state index contributed by atoms with van der Waals surface area (Å²) in [7, 11) is 0. The molecule has 0 radical (unpaired) electrons. The Hall–Kier alpha value is -6.00. The number of nitrogens with zero attached hydrogens (tertiary/aromatic N) is 3. The maximum Gasteiger partial charge on any atom is 0.252 e. The zero-order chi connectivity index (χ0) is 45.9. The van der Waals surface area contributed by atoms with Crippen LogP contribution in [-0.2, 0) is 21.7 Å². The van der Waals surface area contributed by atoms with E-state index < -0.39 is 0 Å². The van der Waals surface area contributed by atoms with E-state index in [-0.39, 0.29) is 33.9 Å². The Labute approximate surface area is 394 Å². The highest BCUT2D eigenvalue weighted by Gasteiger charge is 2.61. The molecule has 1 saturated carbocycles. The van der Waals surface area contributed by atoms with Gasteiger partial charge in [0.1, 0.15) is 0 Å². The molecule has 3 heterocycles. The first kappa shape index (κ1) is 41.4. The molecule has 330 valence electrons. The minimum Gasteiger partial charge on any atom is -0.335 e. The number of fused-ring (bicyclic) bond motifs is 10. The van der Waals surface area contributed by atoms with Crippen molar-refractivity contribution in [1.29, 1.82) is 0 Å². The van der Waals surface area contributed by atoms with Crippen molar-refractivity contribution in [2.24, 2.45) is 0 Å². The van der Waals surface area contributed by atoms with Crippen LogP contribution in [0.15, 0.2) is 140 Å². The highest BCUT2D eigenvalue weighted by molar-refractivity contribution is 7.00. The van der Waals surface area contributed by atoms with Gasteiger partial charge in [0.25, 0.3) is 6.71 Å². The molecule has 0 amide bonds. The first-order chi connectivity index (χ1) is 31.4. The number of aryl methyl sites for hydroxylation is 1. The van der Waals surface area contributed by atoms with Crippen molar-refractivity contribution >= 4 is 68.6 Å². The lowest BCUT2D eigenvalue weighted by atomic mass is 9.33. The smallest absolute Gasteiger partial charge is 0.252 e. The highest BCUT2D eigenvalue weighted by Crippen LogP contribution is 2.62. The molecule has 3 nitrogen and oxygen atoms in total. The third-order valence-corrected chi connectivity index (χ3v) is 17.2. The lowest BCUT2D eigenvalue weighted by Gasteiger charge is -2.53. The van der Waals surface area contributed by atoms with Gasteiger partial charge in [0, 0.05) is 56.2 Å². The lowest BCUT2D eigenvalue weighted by Crippen LogP contribution is -2.64. The maximum absolute atomic E-state index is 2.86. The van der Waals surface area contributed by atoms with E-state index in [0.29, 0.717) is 0 Å². The van der Waals surface area contributed by atoms with Crippen LogP contribution in [0.2, 0.25) is 0 Å². The van der Waals surface area contributed by atoms with Crippen LogP contribution in [0.5, 0.6) is 0 Å². The SMILES string of the molecule is Cc1cc2c3c(c1)N1c4c(cccc4C4(C)CCCCC14C)B3c1ccc(N(c3ccc(C(C)(C)C)cc3)c3ccc(C(C)(C)C)cc3)cc1N2c1cccc2c1-c1ccccc1C2(C)C. The summed E-state index contributed by atoms with van der Waals surface area (Å²) >= 11 is 0. The van der Waals surface area contributed by atoms with Gasteiger partial charge in [-0.2, -0.15) is 0 Å². The van der Waals surface area contributed by atoms with Crippen LogP contribution in [0.3, 0.4) is 0 Å². The second kappa shape index (κ2) is 13.8. The molecule has 7 aromatic rings. The monoisotopic (exact) mass is 862 g/mol. The van der Waals surface area contributed by atoms with E-state index >= 15 is 0 Å². The van der Waals surface area contributed by atoms with Gasteiger partial charge in [-0.25, -0.2) is 0 Å². The largest absolute Gasteiger partial charge is 0.335 e. The van der Waals surface area contributed by atoms with Crippen LogP contribution >= 0.6 is 0 Å². The van der Waals surface area contributed by atoms with Crippen LogP contribution in [0.25, 0.3) is 11.1 Å². The molecule has 0 saturated heterocycles. The number of hydrogen-bond donors (Lipinski definition) is 0. The first-order valence-corrected chi connectivity index (χ1v) is 24.7. The molecule has 3 aliphatic heterocycles. The van der Waals surface area contributed by atoms with E-state index in [0.717, 1.165) is 17.1 Å². The normalized spacial score (nSPS) is 20.6. The van der Waals surface area contributed by atoms with Crippen LogP contribution in [0.4, 0.5) is 45.5 Å². The van der Waals surface area contributed by atoms with E-state index in [4.69, 9.17) is 0 Å². The Bertz CT molecular complexity index is 3090. The molecule has 66 heavy (non-hydrogen) atoms. The fourth-order valence-electron chi connectivity index (χ4n) is 13.4. The van der Waals surface area contributed by atoms with Crippen molar-refractivity contribution in [3.8, 4) is 11.1 Å². The molecule has 0 bridgehead atoms. The molecule has 2 aliphatic carbocycles. The summed E-state index contributed by atoms with van der Waals surface area (Å²) in [6.07, 6.45) is 4.95. The van der Waals surface area contributed by atoms with Gasteiger partial charge in [0.05, 0.1) is 11.2 Å².